The van der Waals surface area contributed by atoms with Crippen LogP contribution >= 0.6 is 23.2 Å². The summed E-state index contributed by atoms with van der Waals surface area (Å²) < 4.78 is 0. The Morgan fingerprint density at radius 1 is 1.37 bits per heavy atom. The van der Waals surface area contributed by atoms with Gasteiger partial charge in [-0.05, 0) is 24.5 Å². The third-order valence-corrected chi connectivity index (χ3v) is 4.09. The van der Waals surface area contributed by atoms with Crippen LogP contribution in [0.5, 0.6) is 0 Å². The molecule has 0 unspecified atom stereocenters. The predicted molar refractivity (Wildman–Crippen MR) is 72.5 cm³/mol. The van der Waals surface area contributed by atoms with Crippen LogP contribution in [0.2, 0.25) is 10.0 Å². The predicted octanol–water partition coefficient (Wildman–Crippen LogP) is 2.61. The van der Waals surface area contributed by atoms with E-state index in [1.807, 2.05) is 0 Å². The molecule has 0 spiro atoms. The van der Waals surface area contributed by atoms with E-state index < -0.39 is 12.0 Å². The minimum atomic E-state index is -0.956. The number of amides is 1. The minimum Gasteiger partial charge on any atom is -0.480 e. The number of likely N-dealkylation sites (tertiary alicyclic amines) is 1. The fourth-order valence-electron chi connectivity index (χ4n) is 2.27. The van der Waals surface area contributed by atoms with Crippen LogP contribution in [-0.2, 0) is 16.0 Å². The van der Waals surface area contributed by atoms with Crippen LogP contribution in [0.3, 0.4) is 0 Å². The highest BCUT2D eigenvalue weighted by molar-refractivity contribution is 6.42. The summed E-state index contributed by atoms with van der Waals surface area (Å²) in [5, 5.41) is 9.80. The normalized spacial score (nSPS) is 18.6. The van der Waals surface area contributed by atoms with E-state index in [0.717, 1.165) is 0 Å². The summed E-state index contributed by atoms with van der Waals surface area (Å²) in [7, 11) is 0. The van der Waals surface area contributed by atoms with Crippen LogP contribution in [0.25, 0.3) is 0 Å². The van der Waals surface area contributed by atoms with Crippen LogP contribution in [0, 0.1) is 0 Å². The van der Waals surface area contributed by atoms with Gasteiger partial charge in [0, 0.05) is 6.54 Å². The molecule has 0 bridgehead atoms. The second-order valence-corrected chi connectivity index (χ2v) is 5.26. The Morgan fingerprint density at radius 2 is 2.11 bits per heavy atom. The number of rotatable bonds is 3. The lowest BCUT2D eigenvalue weighted by Crippen LogP contribution is -2.41. The monoisotopic (exact) mass is 301 g/mol. The lowest BCUT2D eigenvalue weighted by Gasteiger charge is -2.21. The highest BCUT2D eigenvalue weighted by Gasteiger charge is 2.33. The number of carbonyl (C=O) groups excluding carboxylic acids is 1. The first kappa shape index (κ1) is 14.2. The number of carboxylic acid groups (broad SMARTS) is 1. The molecule has 0 radical (unpaired) electrons. The highest BCUT2D eigenvalue weighted by Crippen LogP contribution is 2.27. The Bertz CT molecular complexity index is 519. The highest BCUT2D eigenvalue weighted by atomic mass is 35.5. The van der Waals surface area contributed by atoms with Gasteiger partial charge in [0.1, 0.15) is 6.04 Å². The van der Waals surface area contributed by atoms with Gasteiger partial charge in [-0.25, -0.2) is 4.79 Å². The molecule has 0 aliphatic carbocycles. The number of aliphatic carboxylic acids is 1. The molecule has 102 valence electrons. The zero-order valence-electron chi connectivity index (χ0n) is 10.1. The molecule has 0 aromatic heterocycles. The molecular formula is C13H13Cl2NO3. The third kappa shape index (κ3) is 3.01. The Hall–Kier alpha value is -1.26. The SMILES string of the molecule is O=C(O)[C@H]1CCCN1C(=O)Cc1cccc(Cl)c1Cl. The summed E-state index contributed by atoms with van der Waals surface area (Å²) in [5.41, 5.74) is 0.621. The van der Waals surface area contributed by atoms with Gasteiger partial charge in [-0.2, -0.15) is 0 Å². The number of carbonyl (C=O) groups is 2. The van der Waals surface area contributed by atoms with Crippen molar-refractivity contribution in [2.75, 3.05) is 6.54 Å². The lowest BCUT2D eigenvalue weighted by atomic mass is 10.1. The molecular weight excluding hydrogens is 289 g/mol. The van der Waals surface area contributed by atoms with Crippen molar-refractivity contribution in [1.29, 1.82) is 0 Å². The number of benzene rings is 1. The van der Waals surface area contributed by atoms with Crippen molar-refractivity contribution in [1.82, 2.24) is 4.90 Å². The second-order valence-electron chi connectivity index (χ2n) is 4.47. The summed E-state index contributed by atoms with van der Waals surface area (Å²) in [5.74, 6) is -1.18. The Kier molecular flexibility index (Phi) is 4.32. The van der Waals surface area contributed by atoms with E-state index in [4.69, 9.17) is 28.3 Å². The van der Waals surface area contributed by atoms with E-state index in [2.05, 4.69) is 0 Å². The molecule has 1 fully saturated rings. The average Bonchev–Trinajstić information content (AvgIpc) is 2.84. The molecule has 1 heterocycles. The fraction of sp³-hybridized carbons (Fsp3) is 0.385. The Balaban J connectivity index is 2.13. The molecule has 1 aliphatic heterocycles. The molecule has 4 nitrogen and oxygen atoms in total. The molecule has 1 aliphatic rings. The molecule has 1 aromatic carbocycles. The van der Waals surface area contributed by atoms with Crippen molar-refractivity contribution in [3.05, 3.63) is 33.8 Å². The fourth-order valence-corrected chi connectivity index (χ4v) is 2.66. The van der Waals surface area contributed by atoms with Gasteiger partial charge < -0.3 is 10.0 Å². The van der Waals surface area contributed by atoms with Crippen molar-refractivity contribution in [3.63, 3.8) is 0 Å². The maximum absolute atomic E-state index is 12.2. The maximum atomic E-state index is 12.2. The van der Waals surface area contributed by atoms with Crippen LogP contribution in [0.1, 0.15) is 18.4 Å². The summed E-state index contributed by atoms with van der Waals surface area (Å²) >= 11 is 11.9. The van der Waals surface area contributed by atoms with Crippen LogP contribution in [0.15, 0.2) is 18.2 Å². The number of hydrogen-bond donors (Lipinski definition) is 1. The smallest absolute Gasteiger partial charge is 0.326 e. The van der Waals surface area contributed by atoms with Crippen LogP contribution in [-0.4, -0.2) is 34.5 Å². The maximum Gasteiger partial charge on any atom is 0.326 e. The molecule has 1 N–H and O–H groups in total. The summed E-state index contributed by atoms with van der Waals surface area (Å²) in [6, 6.07) is 4.37. The molecule has 6 heteroatoms. The molecule has 19 heavy (non-hydrogen) atoms. The molecule has 2 rings (SSSR count). The van der Waals surface area contributed by atoms with Crippen LogP contribution in [0.4, 0.5) is 0 Å². The van der Waals surface area contributed by atoms with E-state index in [-0.39, 0.29) is 12.3 Å². The van der Waals surface area contributed by atoms with Gasteiger partial charge in [0.25, 0.3) is 0 Å². The Morgan fingerprint density at radius 3 is 2.79 bits per heavy atom. The van der Waals surface area contributed by atoms with Crippen molar-refractivity contribution in [2.45, 2.75) is 25.3 Å². The van der Waals surface area contributed by atoms with Gasteiger partial charge in [0.15, 0.2) is 0 Å². The first-order valence-corrected chi connectivity index (χ1v) is 6.71. The molecule has 1 atom stereocenters. The average molecular weight is 302 g/mol. The number of halogens is 2. The first-order valence-electron chi connectivity index (χ1n) is 5.96. The van der Waals surface area contributed by atoms with Crippen molar-refractivity contribution >= 4 is 35.1 Å². The minimum absolute atomic E-state index is 0.0726. The first-order chi connectivity index (χ1) is 9.00. The van der Waals surface area contributed by atoms with E-state index in [1.165, 1.54) is 4.90 Å². The van der Waals surface area contributed by atoms with E-state index in [0.29, 0.717) is 35.0 Å². The second kappa shape index (κ2) is 5.80. The molecule has 1 aromatic rings. The zero-order valence-corrected chi connectivity index (χ0v) is 11.6. The van der Waals surface area contributed by atoms with Crippen LogP contribution < -0.4 is 0 Å². The van der Waals surface area contributed by atoms with Gasteiger partial charge in [-0.1, -0.05) is 35.3 Å². The molecule has 0 saturated carbocycles. The van der Waals surface area contributed by atoms with Gasteiger partial charge in [-0.3, -0.25) is 4.79 Å². The summed E-state index contributed by atoms with van der Waals surface area (Å²) in [4.78, 5) is 24.6. The third-order valence-electron chi connectivity index (χ3n) is 3.23. The number of hydrogen-bond acceptors (Lipinski definition) is 2. The lowest BCUT2D eigenvalue weighted by molar-refractivity contribution is -0.148. The topological polar surface area (TPSA) is 57.6 Å². The van der Waals surface area contributed by atoms with Gasteiger partial charge in [0.2, 0.25) is 5.91 Å². The zero-order chi connectivity index (χ0) is 14.0. The summed E-state index contributed by atoms with van der Waals surface area (Å²) in [6.45, 7) is 0.480. The quantitative estimate of drug-likeness (QED) is 0.933. The largest absolute Gasteiger partial charge is 0.480 e. The number of nitrogens with zero attached hydrogens (tertiary/aromatic N) is 1. The Labute approximate surface area is 120 Å². The van der Waals surface area contributed by atoms with Gasteiger partial charge in [-0.15, -0.1) is 0 Å². The molecule has 1 saturated heterocycles. The van der Waals surface area contributed by atoms with Crippen molar-refractivity contribution < 1.29 is 14.7 Å². The number of carboxylic acids is 1. The molecule has 1 amide bonds. The summed E-state index contributed by atoms with van der Waals surface area (Å²) in [6.07, 6.45) is 1.29. The van der Waals surface area contributed by atoms with Gasteiger partial charge >= 0.3 is 5.97 Å². The van der Waals surface area contributed by atoms with E-state index in [1.54, 1.807) is 18.2 Å². The van der Waals surface area contributed by atoms with Crippen molar-refractivity contribution in [2.24, 2.45) is 0 Å². The standard InChI is InChI=1S/C13H13Cl2NO3/c14-9-4-1-3-8(12(9)15)7-11(17)16-6-2-5-10(16)13(18)19/h1,3-4,10H,2,5-7H2,(H,18,19)/t10-/m1/s1. The van der Waals surface area contributed by atoms with Gasteiger partial charge in [0.05, 0.1) is 16.5 Å². The van der Waals surface area contributed by atoms with E-state index >= 15 is 0 Å². The van der Waals surface area contributed by atoms with E-state index in [9.17, 15) is 9.59 Å². The van der Waals surface area contributed by atoms with Crippen molar-refractivity contribution in [3.8, 4) is 0 Å².